The number of esters is 1. The smallest absolute Gasteiger partial charge is 0.345 e. The summed E-state index contributed by atoms with van der Waals surface area (Å²) in [4.78, 5) is 11.8. The van der Waals surface area contributed by atoms with E-state index in [1.54, 1.807) is 18.3 Å². The molecule has 0 aliphatic heterocycles. The van der Waals surface area contributed by atoms with Gasteiger partial charge in [-0.1, -0.05) is 6.92 Å². The second-order valence-corrected chi connectivity index (χ2v) is 4.02. The summed E-state index contributed by atoms with van der Waals surface area (Å²) in [6, 6.07) is 3.40. The number of rotatable bonds is 5. The molecule has 0 amide bonds. The highest BCUT2D eigenvalue weighted by atomic mass is 16.5. The minimum absolute atomic E-state index is 0.163. The molecule has 0 aliphatic carbocycles. The molecule has 0 fully saturated rings. The summed E-state index contributed by atoms with van der Waals surface area (Å²) in [6.07, 6.45) is 2.43. The second-order valence-electron chi connectivity index (χ2n) is 4.02. The van der Waals surface area contributed by atoms with Gasteiger partial charge in [0, 0.05) is 12.7 Å². The summed E-state index contributed by atoms with van der Waals surface area (Å²) < 4.78 is 6.10. The number of nitrogens with two attached hydrogens (primary N) is 1. The lowest BCUT2D eigenvalue weighted by molar-refractivity contribution is 0.0603. The van der Waals surface area contributed by atoms with Crippen molar-refractivity contribution < 1.29 is 9.53 Å². The lowest BCUT2D eigenvalue weighted by atomic mass is 10.3. The van der Waals surface area contributed by atoms with Crippen LogP contribution in [0.3, 0.4) is 0 Å². The first kappa shape index (κ1) is 13.8. The summed E-state index contributed by atoms with van der Waals surface area (Å²) in [5.41, 5.74) is 6.18. The number of hydrogen-bond acceptors (Lipinski definition) is 7. The largest absolute Gasteiger partial charge is 0.465 e. The van der Waals surface area contributed by atoms with E-state index in [0.717, 1.165) is 6.42 Å². The maximum absolute atomic E-state index is 11.8. The zero-order valence-electron chi connectivity index (χ0n) is 11.3. The molecule has 20 heavy (non-hydrogen) atoms. The zero-order valence-corrected chi connectivity index (χ0v) is 11.3. The molecule has 0 unspecified atom stereocenters. The molecule has 0 saturated carbocycles. The van der Waals surface area contributed by atoms with E-state index in [1.807, 2.05) is 6.92 Å². The molecule has 8 nitrogen and oxygen atoms in total. The Bertz CT molecular complexity index is 595. The van der Waals surface area contributed by atoms with Crippen LogP contribution in [0, 0.1) is 0 Å². The van der Waals surface area contributed by atoms with Gasteiger partial charge in [-0.25, -0.2) is 4.79 Å². The molecule has 0 spiro atoms. The lowest BCUT2D eigenvalue weighted by Crippen LogP contribution is -2.10. The van der Waals surface area contributed by atoms with Gasteiger partial charge in [-0.05, 0) is 18.6 Å². The van der Waals surface area contributed by atoms with Gasteiger partial charge >= 0.3 is 5.97 Å². The molecule has 2 aromatic heterocycles. The van der Waals surface area contributed by atoms with Crippen molar-refractivity contribution in [3.63, 3.8) is 0 Å². The maximum atomic E-state index is 11.8. The Hall–Kier alpha value is -2.64. The first-order chi connectivity index (χ1) is 9.69. The topological polar surface area (TPSA) is 108 Å². The van der Waals surface area contributed by atoms with E-state index >= 15 is 0 Å². The molecule has 0 saturated heterocycles. The Labute approximate surface area is 115 Å². The van der Waals surface area contributed by atoms with Crippen molar-refractivity contribution in [1.82, 2.24) is 20.0 Å². The van der Waals surface area contributed by atoms with E-state index in [-0.39, 0.29) is 11.4 Å². The van der Waals surface area contributed by atoms with E-state index in [1.165, 1.54) is 11.8 Å². The average molecular weight is 276 g/mol. The number of hydrogen-bond donors (Lipinski definition) is 2. The van der Waals surface area contributed by atoms with Gasteiger partial charge in [-0.15, -0.1) is 10.2 Å². The van der Waals surface area contributed by atoms with Crippen LogP contribution in [0.1, 0.15) is 23.7 Å². The van der Waals surface area contributed by atoms with Crippen molar-refractivity contribution in [2.24, 2.45) is 0 Å². The highest BCUT2D eigenvalue weighted by Gasteiger charge is 2.23. The third kappa shape index (κ3) is 2.53. The minimum Gasteiger partial charge on any atom is -0.465 e. The fourth-order valence-electron chi connectivity index (χ4n) is 1.68. The minimum atomic E-state index is -0.545. The zero-order chi connectivity index (χ0) is 14.5. The SMILES string of the molecule is CCCNc1nn(-c2cccnn2)c(N)c1C(=O)OC. The molecule has 0 radical (unpaired) electrons. The summed E-state index contributed by atoms with van der Waals surface area (Å²) in [6.45, 7) is 2.68. The Morgan fingerprint density at radius 1 is 1.55 bits per heavy atom. The quantitative estimate of drug-likeness (QED) is 0.779. The third-order valence-corrected chi connectivity index (χ3v) is 2.63. The molecule has 8 heteroatoms. The number of anilines is 2. The number of nitrogens with zero attached hydrogens (tertiary/aromatic N) is 4. The third-order valence-electron chi connectivity index (χ3n) is 2.63. The van der Waals surface area contributed by atoms with Crippen molar-refractivity contribution in [2.75, 3.05) is 24.7 Å². The van der Waals surface area contributed by atoms with Crippen LogP contribution in [-0.4, -0.2) is 39.6 Å². The van der Waals surface area contributed by atoms with Gasteiger partial charge in [-0.2, -0.15) is 9.78 Å². The van der Waals surface area contributed by atoms with Crippen molar-refractivity contribution in [2.45, 2.75) is 13.3 Å². The number of methoxy groups -OCH3 is 1. The summed E-state index contributed by atoms with van der Waals surface area (Å²) >= 11 is 0. The molecule has 0 aromatic carbocycles. The van der Waals surface area contributed by atoms with E-state index in [9.17, 15) is 4.79 Å². The molecular weight excluding hydrogens is 260 g/mol. The van der Waals surface area contributed by atoms with Crippen LogP contribution in [0.4, 0.5) is 11.6 Å². The van der Waals surface area contributed by atoms with Crippen molar-refractivity contribution in [3.8, 4) is 5.82 Å². The van der Waals surface area contributed by atoms with Crippen LogP contribution in [0.25, 0.3) is 5.82 Å². The van der Waals surface area contributed by atoms with Crippen molar-refractivity contribution in [1.29, 1.82) is 0 Å². The van der Waals surface area contributed by atoms with Crippen LogP contribution in [0.15, 0.2) is 18.3 Å². The highest BCUT2D eigenvalue weighted by Crippen LogP contribution is 2.24. The Morgan fingerprint density at radius 3 is 2.95 bits per heavy atom. The van der Waals surface area contributed by atoms with Gasteiger partial charge < -0.3 is 15.8 Å². The van der Waals surface area contributed by atoms with Gasteiger partial charge in [0.2, 0.25) is 0 Å². The van der Waals surface area contributed by atoms with Crippen LogP contribution >= 0.6 is 0 Å². The Morgan fingerprint density at radius 2 is 2.35 bits per heavy atom. The molecule has 0 bridgehead atoms. The number of nitrogen functional groups attached to an aromatic ring is 1. The average Bonchev–Trinajstić information content (AvgIpc) is 2.82. The van der Waals surface area contributed by atoms with Crippen LogP contribution in [0.5, 0.6) is 0 Å². The monoisotopic (exact) mass is 276 g/mol. The number of aromatic nitrogens is 4. The molecule has 2 heterocycles. The maximum Gasteiger partial charge on any atom is 0.345 e. The molecular formula is C12H16N6O2. The van der Waals surface area contributed by atoms with Gasteiger partial charge in [0.25, 0.3) is 0 Å². The van der Waals surface area contributed by atoms with E-state index < -0.39 is 5.97 Å². The molecule has 0 aliphatic rings. The van der Waals surface area contributed by atoms with Gasteiger partial charge in [0.1, 0.15) is 11.4 Å². The first-order valence-electron chi connectivity index (χ1n) is 6.17. The molecule has 2 rings (SSSR count). The number of carbonyl (C=O) groups is 1. The number of ether oxygens (including phenoxy) is 1. The lowest BCUT2D eigenvalue weighted by Gasteiger charge is -2.03. The van der Waals surface area contributed by atoms with Crippen LogP contribution in [-0.2, 0) is 4.74 Å². The van der Waals surface area contributed by atoms with Crippen LogP contribution < -0.4 is 11.1 Å². The summed E-state index contributed by atoms with van der Waals surface area (Å²) in [5.74, 6) is 0.425. The number of nitrogens with one attached hydrogen (secondary N) is 1. The summed E-state index contributed by atoms with van der Waals surface area (Å²) in [5, 5.41) is 15.0. The van der Waals surface area contributed by atoms with E-state index in [2.05, 4.69) is 20.6 Å². The molecule has 2 aromatic rings. The summed E-state index contributed by atoms with van der Waals surface area (Å²) in [7, 11) is 1.30. The predicted octanol–water partition coefficient (Wildman–Crippen LogP) is 0.853. The fraction of sp³-hybridized carbons (Fsp3) is 0.333. The Kier molecular flexibility index (Phi) is 4.14. The molecule has 3 N–H and O–H groups in total. The van der Waals surface area contributed by atoms with Crippen LogP contribution in [0.2, 0.25) is 0 Å². The van der Waals surface area contributed by atoms with Gasteiger partial charge in [0.15, 0.2) is 11.6 Å². The first-order valence-corrected chi connectivity index (χ1v) is 6.17. The predicted molar refractivity (Wildman–Crippen MR) is 73.7 cm³/mol. The van der Waals surface area contributed by atoms with Crippen molar-refractivity contribution in [3.05, 3.63) is 23.9 Å². The molecule has 106 valence electrons. The Balaban J connectivity index is 2.49. The van der Waals surface area contributed by atoms with Gasteiger partial charge in [-0.3, -0.25) is 0 Å². The van der Waals surface area contributed by atoms with Crippen molar-refractivity contribution >= 4 is 17.6 Å². The van der Waals surface area contributed by atoms with E-state index in [4.69, 9.17) is 10.5 Å². The normalized spacial score (nSPS) is 10.3. The van der Waals surface area contributed by atoms with E-state index in [0.29, 0.717) is 18.2 Å². The fourth-order valence-corrected chi connectivity index (χ4v) is 1.68. The molecule has 0 atom stereocenters. The second kappa shape index (κ2) is 6.00. The highest BCUT2D eigenvalue weighted by molar-refractivity contribution is 5.99. The van der Waals surface area contributed by atoms with Gasteiger partial charge in [0.05, 0.1) is 7.11 Å². The number of carbonyl (C=O) groups excluding carboxylic acids is 1. The standard InChI is InChI=1S/C12H16N6O2/c1-3-6-14-11-9(12(19)20-2)10(13)18(17-11)8-5-4-7-15-16-8/h4-5,7H,3,6,13H2,1-2H3,(H,14,17).